The Hall–Kier alpha value is -2.73. The van der Waals surface area contributed by atoms with Crippen LogP contribution in [0.2, 0.25) is 0 Å². The lowest BCUT2D eigenvalue weighted by Gasteiger charge is -2.28. The van der Waals surface area contributed by atoms with Gasteiger partial charge in [-0.3, -0.25) is 9.59 Å². The Bertz CT molecular complexity index is 778. The number of nitrogens with one attached hydrogen (secondary N) is 2. The molecule has 0 aromatic heterocycles. The van der Waals surface area contributed by atoms with Gasteiger partial charge in [-0.2, -0.15) is 0 Å². The van der Waals surface area contributed by atoms with E-state index < -0.39 is 11.2 Å². The topological polar surface area (TPSA) is 84.2 Å². The number of amides is 2. The number of halogens is 1. The highest BCUT2D eigenvalue weighted by Crippen LogP contribution is 2.27. The van der Waals surface area contributed by atoms with Crippen LogP contribution >= 0.6 is 0 Å². The highest BCUT2D eigenvalue weighted by atomic mass is 19.1. The fourth-order valence-electron chi connectivity index (χ4n) is 2.86. The monoisotopic (exact) mass is 371 g/mol. The van der Waals surface area contributed by atoms with Crippen molar-refractivity contribution in [3.8, 4) is 0 Å². The van der Waals surface area contributed by atoms with Crippen molar-refractivity contribution in [1.29, 1.82) is 0 Å². The second-order valence-corrected chi connectivity index (χ2v) is 6.55. The molecule has 2 amide bonds. The van der Waals surface area contributed by atoms with Gasteiger partial charge in [-0.1, -0.05) is 38.1 Å². The molecule has 5 nitrogen and oxygen atoms in total. The van der Waals surface area contributed by atoms with Crippen LogP contribution in [-0.4, -0.2) is 18.4 Å². The minimum Gasteiger partial charge on any atom is -0.329 e. The van der Waals surface area contributed by atoms with Crippen molar-refractivity contribution in [1.82, 2.24) is 0 Å². The zero-order valence-electron chi connectivity index (χ0n) is 15.7. The summed E-state index contributed by atoms with van der Waals surface area (Å²) in [5, 5.41) is 5.45. The van der Waals surface area contributed by atoms with Crippen molar-refractivity contribution in [3.05, 3.63) is 59.9 Å². The molecule has 2 aromatic carbocycles. The van der Waals surface area contributed by atoms with E-state index >= 15 is 0 Å². The van der Waals surface area contributed by atoms with Gasteiger partial charge in [-0.15, -0.1) is 0 Å². The minimum atomic E-state index is -0.571. The summed E-state index contributed by atoms with van der Waals surface area (Å²) in [6.45, 7) is 4.20. The summed E-state index contributed by atoms with van der Waals surface area (Å²) in [6.07, 6.45) is 1.44. The molecule has 0 aliphatic carbocycles. The Balaban J connectivity index is 1.98. The molecule has 144 valence electrons. The summed E-state index contributed by atoms with van der Waals surface area (Å²) < 4.78 is 13.6. The molecular weight excluding hydrogens is 345 g/mol. The van der Waals surface area contributed by atoms with Gasteiger partial charge in [0.1, 0.15) is 5.82 Å². The zero-order valence-corrected chi connectivity index (χ0v) is 15.7. The first kappa shape index (κ1) is 20.6. The molecule has 0 fully saturated rings. The van der Waals surface area contributed by atoms with E-state index in [0.29, 0.717) is 25.1 Å². The number of para-hydroxylation sites is 1. The first-order valence-electron chi connectivity index (χ1n) is 9.09. The predicted octanol–water partition coefficient (Wildman–Crippen LogP) is 3.71. The number of hydrogen-bond donors (Lipinski definition) is 3. The van der Waals surface area contributed by atoms with Gasteiger partial charge in [0.05, 0.1) is 17.5 Å². The second kappa shape index (κ2) is 9.28. The van der Waals surface area contributed by atoms with Crippen molar-refractivity contribution < 1.29 is 14.0 Å². The molecule has 27 heavy (non-hydrogen) atoms. The number of carbonyl (C=O) groups excluding carboxylic acids is 2. The van der Waals surface area contributed by atoms with Crippen molar-refractivity contribution >= 4 is 23.2 Å². The van der Waals surface area contributed by atoms with Gasteiger partial charge < -0.3 is 16.4 Å². The summed E-state index contributed by atoms with van der Waals surface area (Å²) >= 11 is 0. The number of benzene rings is 2. The van der Waals surface area contributed by atoms with Crippen LogP contribution in [0.3, 0.4) is 0 Å². The van der Waals surface area contributed by atoms with Crippen LogP contribution in [0.25, 0.3) is 0 Å². The molecule has 0 saturated carbocycles. The summed E-state index contributed by atoms with van der Waals surface area (Å²) in [6, 6.07) is 13.0. The molecule has 0 spiro atoms. The van der Waals surface area contributed by atoms with E-state index in [1.807, 2.05) is 13.8 Å². The quantitative estimate of drug-likeness (QED) is 0.661. The van der Waals surface area contributed by atoms with Crippen LogP contribution < -0.4 is 16.4 Å². The Morgan fingerprint density at radius 2 is 1.63 bits per heavy atom. The van der Waals surface area contributed by atoms with Crippen molar-refractivity contribution in [2.24, 2.45) is 11.1 Å². The van der Waals surface area contributed by atoms with E-state index in [4.69, 9.17) is 5.73 Å². The van der Waals surface area contributed by atoms with Crippen LogP contribution in [-0.2, 0) is 16.0 Å². The highest BCUT2D eigenvalue weighted by molar-refractivity contribution is 5.96. The normalized spacial score (nSPS) is 11.1. The molecule has 0 unspecified atom stereocenters. The molecule has 4 N–H and O–H groups in total. The zero-order chi connectivity index (χ0) is 19.9. The summed E-state index contributed by atoms with van der Waals surface area (Å²) in [7, 11) is 0. The average molecular weight is 371 g/mol. The molecule has 0 aliphatic rings. The third-order valence-corrected chi connectivity index (χ3v) is 4.95. The van der Waals surface area contributed by atoms with E-state index in [1.165, 1.54) is 12.1 Å². The predicted molar refractivity (Wildman–Crippen MR) is 106 cm³/mol. The smallest absolute Gasteiger partial charge is 0.231 e. The lowest BCUT2D eigenvalue weighted by molar-refractivity contribution is -0.125. The largest absolute Gasteiger partial charge is 0.329 e. The Morgan fingerprint density at radius 3 is 2.19 bits per heavy atom. The fourth-order valence-corrected chi connectivity index (χ4v) is 2.86. The number of nitrogens with two attached hydrogens (primary N) is 1. The molecule has 0 heterocycles. The molecule has 2 aromatic rings. The molecule has 6 heteroatoms. The molecular formula is C21H26FN3O2. The molecule has 0 aliphatic heterocycles. The van der Waals surface area contributed by atoms with E-state index in [-0.39, 0.29) is 23.9 Å². The fraction of sp³-hybridized carbons (Fsp3) is 0.333. The summed E-state index contributed by atoms with van der Waals surface area (Å²) in [5.74, 6) is -0.879. The van der Waals surface area contributed by atoms with Gasteiger partial charge in [-0.25, -0.2) is 4.39 Å². The average Bonchev–Trinajstić information content (AvgIpc) is 2.67. The van der Waals surface area contributed by atoms with Gasteiger partial charge in [-0.05, 0) is 42.7 Å². The maximum atomic E-state index is 13.6. The van der Waals surface area contributed by atoms with Crippen LogP contribution in [0.5, 0.6) is 0 Å². The van der Waals surface area contributed by atoms with Gasteiger partial charge in [0.15, 0.2) is 0 Å². The number of anilines is 2. The summed E-state index contributed by atoms with van der Waals surface area (Å²) in [5.41, 5.74) is 6.80. The number of carbonyl (C=O) groups is 2. The second-order valence-electron chi connectivity index (χ2n) is 6.55. The lowest BCUT2D eigenvalue weighted by Crippen LogP contribution is -2.41. The summed E-state index contributed by atoms with van der Waals surface area (Å²) in [4.78, 5) is 24.6. The molecule has 0 saturated heterocycles. The molecule has 0 radical (unpaired) electrons. The molecule has 0 bridgehead atoms. The van der Waals surface area contributed by atoms with Crippen molar-refractivity contribution in [3.63, 3.8) is 0 Å². The minimum absolute atomic E-state index is 0.0972. The van der Waals surface area contributed by atoms with Gasteiger partial charge in [0, 0.05) is 12.2 Å². The lowest BCUT2D eigenvalue weighted by atomic mass is 9.81. The van der Waals surface area contributed by atoms with Crippen LogP contribution in [0.1, 0.15) is 32.3 Å². The van der Waals surface area contributed by atoms with Crippen LogP contribution in [0.15, 0.2) is 48.5 Å². The standard InChI is InChI=1S/C21H26FN3O2/c1-3-21(4-2,14-23)20(27)24-16-11-9-15(10-12-16)13-19(26)25-18-8-6-5-7-17(18)22/h5-12H,3-4,13-14,23H2,1-2H3,(H,24,27)(H,25,26). The Labute approximate surface area is 159 Å². The van der Waals surface area contributed by atoms with E-state index in [2.05, 4.69) is 10.6 Å². The van der Waals surface area contributed by atoms with E-state index in [0.717, 1.165) is 5.56 Å². The molecule has 0 atom stereocenters. The van der Waals surface area contributed by atoms with Gasteiger partial charge >= 0.3 is 0 Å². The number of hydrogen-bond acceptors (Lipinski definition) is 3. The molecule has 2 rings (SSSR count). The first-order valence-corrected chi connectivity index (χ1v) is 9.09. The van der Waals surface area contributed by atoms with E-state index in [1.54, 1.807) is 36.4 Å². The van der Waals surface area contributed by atoms with Gasteiger partial charge in [0.2, 0.25) is 11.8 Å². The Morgan fingerprint density at radius 1 is 1.00 bits per heavy atom. The van der Waals surface area contributed by atoms with E-state index in [9.17, 15) is 14.0 Å². The number of rotatable bonds is 8. The highest BCUT2D eigenvalue weighted by Gasteiger charge is 2.33. The maximum Gasteiger partial charge on any atom is 0.231 e. The van der Waals surface area contributed by atoms with Crippen LogP contribution in [0.4, 0.5) is 15.8 Å². The van der Waals surface area contributed by atoms with Crippen molar-refractivity contribution in [2.75, 3.05) is 17.2 Å². The van der Waals surface area contributed by atoms with Crippen LogP contribution in [0, 0.1) is 11.2 Å². The Kier molecular flexibility index (Phi) is 7.07. The third-order valence-electron chi connectivity index (χ3n) is 4.95. The first-order chi connectivity index (χ1) is 12.9. The SMILES string of the molecule is CCC(CC)(CN)C(=O)Nc1ccc(CC(=O)Nc2ccccc2F)cc1. The third kappa shape index (κ3) is 5.14. The maximum absolute atomic E-state index is 13.6. The van der Waals surface area contributed by atoms with Crippen molar-refractivity contribution in [2.45, 2.75) is 33.1 Å². The van der Waals surface area contributed by atoms with Gasteiger partial charge in [0.25, 0.3) is 0 Å².